The number of piperidine rings is 1. The molecule has 0 saturated carbocycles. The summed E-state index contributed by atoms with van der Waals surface area (Å²) in [6.45, 7) is 1.74. The largest absolute Gasteiger partial charge is 0.376 e. The predicted molar refractivity (Wildman–Crippen MR) is 139 cm³/mol. The van der Waals surface area contributed by atoms with Gasteiger partial charge in [0.2, 0.25) is 15.9 Å². The Bertz CT molecular complexity index is 1130. The zero-order valence-corrected chi connectivity index (χ0v) is 21.3. The normalized spacial score (nSPS) is 20.7. The number of amides is 2. The van der Waals surface area contributed by atoms with Crippen molar-refractivity contribution in [1.29, 1.82) is 0 Å². The maximum atomic E-state index is 13.1. The second-order valence-corrected chi connectivity index (χ2v) is 11.6. The molecule has 4 rings (SSSR count). The molecule has 8 nitrogen and oxygen atoms in total. The quantitative estimate of drug-likeness (QED) is 0.508. The number of nitrogens with one attached hydrogen (secondary N) is 2. The highest BCUT2D eigenvalue weighted by molar-refractivity contribution is 7.89. The molecule has 2 aromatic rings. The van der Waals surface area contributed by atoms with Gasteiger partial charge in [-0.2, -0.15) is 0 Å². The van der Waals surface area contributed by atoms with Crippen molar-refractivity contribution in [3.63, 3.8) is 0 Å². The molecule has 2 aliphatic heterocycles. The van der Waals surface area contributed by atoms with Gasteiger partial charge in [-0.1, -0.05) is 42.5 Å². The lowest BCUT2D eigenvalue weighted by molar-refractivity contribution is -0.120. The third-order valence-electron chi connectivity index (χ3n) is 6.80. The Labute approximate surface area is 213 Å². The van der Waals surface area contributed by atoms with E-state index in [1.807, 2.05) is 30.3 Å². The van der Waals surface area contributed by atoms with Crippen LogP contribution in [0.4, 0.5) is 5.69 Å². The van der Waals surface area contributed by atoms with Gasteiger partial charge in [-0.05, 0) is 56.2 Å². The van der Waals surface area contributed by atoms with Gasteiger partial charge in [-0.15, -0.1) is 0 Å². The summed E-state index contributed by atoms with van der Waals surface area (Å²) in [5, 5.41) is 5.76. The molecule has 0 spiro atoms. The van der Waals surface area contributed by atoms with Gasteiger partial charge in [-0.25, -0.2) is 12.7 Å². The van der Waals surface area contributed by atoms with E-state index in [0.717, 1.165) is 18.4 Å². The minimum atomic E-state index is -3.45. The number of ether oxygens (including phenoxy) is 1. The van der Waals surface area contributed by atoms with Crippen molar-refractivity contribution in [1.82, 2.24) is 9.62 Å². The summed E-state index contributed by atoms with van der Waals surface area (Å²) in [4.78, 5) is 25.9. The summed E-state index contributed by atoms with van der Waals surface area (Å²) >= 11 is 0. The zero-order chi connectivity index (χ0) is 25.4. The third kappa shape index (κ3) is 7.15. The van der Waals surface area contributed by atoms with Gasteiger partial charge in [0.05, 0.1) is 29.0 Å². The Morgan fingerprint density at radius 3 is 2.56 bits per heavy atom. The van der Waals surface area contributed by atoms with Gasteiger partial charge < -0.3 is 15.4 Å². The van der Waals surface area contributed by atoms with Crippen LogP contribution in [0.25, 0.3) is 0 Å². The number of carbonyl (C=O) groups is 2. The molecule has 0 aromatic heterocycles. The first-order valence-electron chi connectivity index (χ1n) is 12.7. The highest BCUT2D eigenvalue weighted by atomic mass is 32.2. The van der Waals surface area contributed by atoms with Crippen molar-refractivity contribution in [2.45, 2.75) is 44.6 Å². The zero-order valence-electron chi connectivity index (χ0n) is 20.5. The van der Waals surface area contributed by atoms with E-state index in [1.165, 1.54) is 4.31 Å². The Kier molecular flexibility index (Phi) is 9.12. The highest BCUT2D eigenvalue weighted by Crippen LogP contribution is 2.23. The summed E-state index contributed by atoms with van der Waals surface area (Å²) in [5.74, 6) is -0.943. The van der Waals surface area contributed by atoms with Crippen molar-refractivity contribution in [3.05, 3.63) is 65.7 Å². The summed E-state index contributed by atoms with van der Waals surface area (Å²) in [6, 6.07) is 16.7. The lowest BCUT2D eigenvalue weighted by Gasteiger charge is -2.31. The number of sulfonamides is 1. The van der Waals surface area contributed by atoms with Gasteiger partial charge >= 0.3 is 0 Å². The van der Waals surface area contributed by atoms with Crippen LogP contribution in [0.2, 0.25) is 0 Å². The number of benzene rings is 2. The molecule has 0 unspecified atom stereocenters. The van der Waals surface area contributed by atoms with Crippen molar-refractivity contribution < 1.29 is 22.7 Å². The highest BCUT2D eigenvalue weighted by Gasteiger charge is 2.32. The van der Waals surface area contributed by atoms with E-state index < -0.39 is 15.9 Å². The lowest BCUT2D eigenvalue weighted by Crippen LogP contribution is -2.44. The third-order valence-corrected chi connectivity index (χ3v) is 8.73. The fourth-order valence-electron chi connectivity index (χ4n) is 4.77. The monoisotopic (exact) mass is 513 g/mol. The Balaban J connectivity index is 1.32. The minimum absolute atomic E-state index is 0.0265. The molecule has 2 saturated heterocycles. The van der Waals surface area contributed by atoms with Crippen LogP contribution in [-0.2, 0) is 26.0 Å². The summed E-state index contributed by atoms with van der Waals surface area (Å²) < 4.78 is 32.9. The minimum Gasteiger partial charge on any atom is -0.376 e. The average molecular weight is 514 g/mol. The van der Waals surface area contributed by atoms with E-state index in [-0.39, 0.29) is 30.2 Å². The number of hydrogen-bond donors (Lipinski definition) is 2. The molecule has 2 aromatic carbocycles. The second kappa shape index (κ2) is 12.5. The van der Waals surface area contributed by atoms with E-state index >= 15 is 0 Å². The average Bonchev–Trinajstić information content (AvgIpc) is 3.42. The molecule has 0 bridgehead atoms. The van der Waals surface area contributed by atoms with Gasteiger partial charge in [0, 0.05) is 26.2 Å². The SMILES string of the molecule is O=C(NC[C@@H]1CCCO1)c1ccccc1NC(=O)[C@@H]1CCCN(S(=O)(=O)CCCc2ccccc2)C1. The van der Waals surface area contributed by atoms with Crippen LogP contribution in [0.1, 0.15) is 48.0 Å². The van der Waals surface area contributed by atoms with Crippen molar-refractivity contribution in [2.75, 3.05) is 37.3 Å². The molecule has 2 aliphatic rings. The number of anilines is 1. The van der Waals surface area contributed by atoms with Gasteiger partial charge in [0.1, 0.15) is 0 Å². The molecule has 0 radical (unpaired) electrons. The fourth-order valence-corrected chi connectivity index (χ4v) is 6.36. The molecule has 2 heterocycles. The molecule has 2 fully saturated rings. The van der Waals surface area contributed by atoms with Crippen LogP contribution in [-0.4, -0.2) is 62.6 Å². The lowest BCUT2D eigenvalue weighted by atomic mass is 9.98. The van der Waals surface area contributed by atoms with Crippen molar-refractivity contribution >= 4 is 27.5 Å². The van der Waals surface area contributed by atoms with Crippen LogP contribution >= 0.6 is 0 Å². The first-order chi connectivity index (χ1) is 17.4. The Morgan fingerprint density at radius 1 is 1.00 bits per heavy atom. The number of para-hydroxylation sites is 1. The molecule has 9 heteroatoms. The number of aryl methyl sites for hydroxylation is 1. The fraction of sp³-hybridized carbons (Fsp3) is 0.481. The smallest absolute Gasteiger partial charge is 0.253 e. The van der Waals surface area contributed by atoms with E-state index in [9.17, 15) is 18.0 Å². The maximum absolute atomic E-state index is 13.1. The standard InChI is InChI=1S/C27H35N3O5S/c31-26(29-25-15-5-4-14-24(25)27(32)28-19-23-13-7-17-35-23)22-12-6-16-30(20-22)36(33,34)18-8-11-21-9-2-1-3-10-21/h1-5,9-10,14-15,22-23H,6-8,11-13,16-20H2,(H,28,32)(H,29,31)/t22-,23+/m1/s1. The van der Waals surface area contributed by atoms with E-state index in [1.54, 1.807) is 24.3 Å². The Morgan fingerprint density at radius 2 is 1.78 bits per heavy atom. The van der Waals surface area contributed by atoms with Gasteiger partial charge in [0.25, 0.3) is 5.91 Å². The maximum Gasteiger partial charge on any atom is 0.253 e. The second-order valence-electron chi connectivity index (χ2n) is 9.48. The van der Waals surface area contributed by atoms with E-state index in [2.05, 4.69) is 10.6 Å². The van der Waals surface area contributed by atoms with Crippen LogP contribution in [0.15, 0.2) is 54.6 Å². The molecular formula is C27H35N3O5S. The molecule has 2 amide bonds. The molecule has 0 aliphatic carbocycles. The van der Waals surface area contributed by atoms with Crippen molar-refractivity contribution in [3.8, 4) is 0 Å². The molecule has 2 atom stereocenters. The van der Waals surface area contributed by atoms with Gasteiger partial charge in [-0.3, -0.25) is 9.59 Å². The number of carbonyl (C=O) groups excluding carboxylic acids is 2. The van der Waals surface area contributed by atoms with E-state index in [0.29, 0.717) is 56.6 Å². The number of nitrogens with zero attached hydrogens (tertiary/aromatic N) is 1. The van der Waals surface area contributed by atoms with Crippen LogP contribution < -0.4 is 10.6 Å². The summed E-state index contributed by atoms with van der Waals surface area (Å²) in [6.07, 6.45) is 4.41. The predicted octanol–water partition coefficient (Wildman–Crippen LogP) is 3.21. The van der Waals surface area contributed by atoms with E-state index in [4.69, 9.17) is 4.74 Å². The molecule has 36 heavy (non-hydrogen) atoms. The molecule has 2 N–H and O–H groups in total. The first-order valence-corrected chi connectivity index (χ1v) is 14.3. The number of hydrogen-bond acceptors (Lipinski definition) is 5. The van der Waals surface area contributed by atoms with Crippen LogP contribution in [0.5, 0.6) is 0 Å². The summed E-state index contributed by atoms with van der Waals surface area (Å²) in [7, 11) is -3.45. The molecular weight excluding hydrogens is 478 g/mol. The van der Waals surface area contributed by atoms with Gasteiger partial charge in [0.15, 0.2) is 0 Å². The topological polar surface area (TPSA) is 105 Å². The first kappa shape index (κ1) is 26.3. The van der Waals surface area contributed by atoms with Crippen LogP contribution in [0, 0.1) is 5.92 Å². The summed E-state index contributed by atoms with van der Waals surface area (Å²) in [5.41, 5.74) is 1.92. The molecule has 194 valence electrons. The Hall–Kier alpha value is -2.75. The van der Waals surface area contributed by atoms with Crippen LogP contribution in [0.3, 0.4) is 0 Å². The van der Waals surface area contributed by atoms with Crippen molar-refractivity contribution in [2.24, 2.45) is 5.92 Å². The number of rotatable bonds is 10.